The van der Waals surface area contributed by atoms with Crippen LogP contribution in [0.2, 0.25) is 0 Å². The Morgan fingerprint density at radius 2 is 1.95 bits per heavy atom. The molecule has 1 heterocycles. The molecule has 19 heavy (non-hydrogen) atoms. The molecule has 1 fully saturated rings. The van der Waals surface area contributed by atoms with E-state index in [0.29, 0.717) is 12.1 Å². The molecule has 1 saturated heterocycles. The van der Waals surface area contributed by atoms with Crippen LogP contribution in [0.3, 0.4) is 0 Å². The standard InChI is InChI=1S/C16H26N2O/c1-13(14-6-8-16(19-3)9-7-14)18(2)15-5-4-11-17-12-10-15/h6-9,13,15,17H,4-5,10-12H2,1-3H3. The van der Waals surface area contributed by atoms with Gasteiger partial charge in [0.15, 0.2) is 0 Å². The summed E-state index contributed by atoms with van der Waals surface area (Å²) in [7, 11) is 3.97. The lowest BCUT2D eigenvalue weighted by molar-refractivity contribution is 0.171. The second kappa shape index (κ2) is 6.92. The Balaban J connectivity index is 2.01. The third-order valence-corrected chi connectivity index (χ3v) is 4.33. The first-order valence-corrected chi connectivity index (χ1v) is 7.29. The van der Waals surface area contributed by atoms with Crippen molar-refractivity contribution in [2.75, 3.05) is 27.2 Å². The number of nitrogens with one attached hydrogen (secondary N) is 1. The molecule has 0 aliphatic carbocycles. The molecule has 0 aromatic heterocycles. The molecule has 0 spiro atoms. The lowest BCUT2D eigenvalue weighted by atomic mass is 10.0. The molecule has 0 bridgehead atoms. The van der Waals surface area contributed by atoms with Gasteiger partial charge in [-0.2, -0.15) is 0 Å². The molecule has 106 valence electrons. The van der Waals surface area contributed by atoms with Crippen molar-refractivity contribution in [3.8, 4) is 5.75 Å². The zero-order chi connectivity index (χ0) is 13.7. The summed E-state index contributed by atoms with van der Waals surface area (Å²) in [5, 5.41) is 3.48. The smallest absolute Gasteiger partial charge is 0.118 e. The molecular formula is C16H26N2O. The van der Waals surface area contributed by atoms with Crippen molar-refractivity contribution in [3.05, 3.63) is 29.8 Å². The summed E-state index contributed by atoms with van der Waals surface area (Å²) in [5.41, 5.74) is 1.36. The number of hydrogen-bond donors (Lipinski definition) is 1. The SMILES string of the molecule is COc1ccc(C(C)N(C)C2CCCNCC2)cc1. The van der Waals surface area contributed by atoms with Gasteiger partial charge < -0.3 is 10.1 Å². The molecule has 3 nitrogen and oxygen atoms in total. The fourth-order valence-electron chi connectivity index (χ4n) is 2.84. The highest BCUT2D eigenvalue weighted by Gasteiger charge is 2.21. The molecule has 0 saturated carbocycles. The van der Waals surface area contributed by atoms with Gasteiger partial charge in [0, 0.05) is 12.1 Å². The molecule has 2 atom stereocenters. The third-order valence-electron chi connectivity index (χ3n) is 4.33. The van der Waals surface area contributed by atoms with Gasteiger partial charge in [0.2, 0.25) is 0 Å². The Morgan fingerprint density at radius 1 is 1.21 bits per heavy atom. The number of benzene rings is 1. The number of methoxy groups -OCH3 is 1. The summed E-state index contributed by atoms with van der Waals surface area (Å²) < 4.78 is 5.22. The molecule has 0 radical (unpaired) electrons. The first-order valence-electron chi connectivity index (χ1n) is 7.29. The molecular weight excluding hydrogens is 236 g/mol. The summed E-state index contributed by atoms with van der Waals surface area (Å²) in [5.74, 6) is 0.928. The number of rotatable bonds is 4. The van der Waals surface area contributed by atoms with Gasteiger partial charge in [-0.3, -0.25) is 4.90 Å². The van der Waals surface area contributed by atoms with E-state index in [2.05, 4.69) is 36.3 Å². The Labute approximate surface area is 116 Å². The van der Waals surface area contributed by atoms with Crippen LogP contribution in [0.5, 0.6) is 5.75 Å². The Bertz CT molecular complexity index is 369. The van der Waals surface area contributed by atoms with E-state index in [4.69, 9.17) is 4.74 Å². The number of hydrogen-bond acceptors (Lipinski definition) is 3. The topological polar surface area (TPSA) is 24.5 Å². The lowest BCUT2D eigenvalue weighted by Crippen LogP contribution is -2.34. The van der Waals surface area contributed by atoms with E-state index in [1.165, 1.54) is 31.4 Å². The van der Waals surface area contributed by atoms with Crippen LogP contribution in [0, 0.1) is 0 Å². The van der Waals surface area contributed by atoms with Gasteiger partial charge in [-0.25, -0.2) is 0 Å². The molecule has 1 aliphatic heterocycles. The van der Waals surface area contributed by atoms with Crippen molar-refractivity contribution >= 4 is 0 Å². The average Bonchev–Trinajstić information content (AvgIpc) is 2.75. The Kier molecular flexibility index (Phi) is 5.23. The molecule has 1 aromatic rings. The summed E-state index contributed by atoms with van der Waals surface area (Å²) in [6.07, 6.45) is 3.82. The quantitative estimate of drug-likeness (QED) is 0.903. The largest absolute Gasteiger partial charge is 0.497 e. The van der Waals surface area contributed by atoms with Crippen LogP contribution in [0.15, 0.2) is 24.3 Å². The van der Waals surface area contributed by atoms with Crippen molar-refractivity contribution in [1.29, 1.82) is 0 Å². The molecule has 3 heteroatoms. The van der Waals surface area contributed by atoms with Gasteiger partial charge in [-0.1, -0.05) is 12.1 Å². The zero-order valence-electron chi connectivity index (χ0n) is 12.4. The minimum Gasteiger partial charge on any atom is -0.497 e. The monoisotopic (exact) mass is 262 g/mol. The summed E-state index contributed by atoms with van der Waals surface area (Å²) >= 11 is 0. The maximum absolute atomic E-state index is 5.22. The van der Waals surface area contributed by atoms with Crippen molar-refractivity contribution in [3.63, 3.8) is 0 Å². The number of nitrogens with zero attached hydrogens (tertiary/aromatic N) is 1. The van der Waals surface area contributed by atoms with Crippen LogP contribution in [0.4, 0.5) is 0 Å². The van der Waals surface area contributed by atoms with Gasteiger partial charge in [-0.15, -0.1) is 0 Å². The second-order valence-corrected chi connectivity index (χ2v) is 5.45. The van der Waals surface area contributed by atoms with E-state index in [0.717, 1.165) is 12.3 Å². The fourth-order valence-corrected chi connectivity index (χ4v) is 2.84. The van der Waals surface area contributed by atoms with E-state index in [-0.39, 0.29) is 0 Å². The first kappa shape index (κ1) is 14.4. The summed E-state index contributed by atoms with van der Waals surface area (Å²) in [6.45, 7) is 4.60. The molecule has 1 aromatic carbocycles. The molecule has 0 amide bonds. The van der Waals surface area contributed by atoms with E-state index >= 15 is 0 Å². The Morgan fingerprint density at radius 3 is 2.63 bits per heavy atom. The van der Waals surface area contributed by atoms with E-state index in [1.54, 1.807) is 7.11 Å². The summed E-state index contributed by atoms with van der Waals surface area (Å²) in [4.78, 5) is 2.52. The summed E-state index contributed by atoms with van der Waals surface area (Å²) in [6, 6.07) is 9.59. The van der Waals surface area contributed by atoms with E-state index in [9.17, 15) is 0 Å². The lowest BCUT2D eigenvalue weighted by Gasteiger charge is -2.33. The second-order valence-electron chi connectivity index (χ2n) is 5.45. The maximum atomic E-state index is 5.22. The molecule has 2 unspecified atom stereocenters. The zero-order valence-corrected chi connectivity index (χ0v) is 12.4. The normalized spacial score (nSPS) is 22.0. The van der Waals surface area contributed by atoms with Gasteiger partial charge in [0.25, 0.3) is 0 Å². The first-order chi connectivity index (χ1) is 9.22. The van der Waals surface area contributed by atoms with Crippen LogP contribution >= 0.6 is 0 Å². The van der Waals surface area contributed by atoms with Gasteiger partial charge in [0.1, 0.15) is 5.75 Å². The third kappa shape index (κ3) is 3.71. The minimum atomic E-state index is 0.453. The van der Waals surface area contributed by atoms with Gasteiger partial charge in [-0.05, 0) is 64.0 Å². The fraction of sp³-hybridized carbons (Fsp3) is 0.625. The minimum absolute atomic E-state index is 0.453. The van der Waals surface area contributed by atoms with Crippen LogP contribution in [-0.4, -0.2) is 38.2 Å². The predicted molar refractivity (Wildman–Crippen MR) is 79.7 cm³/mol. The van der Waals surface area contributed by atoms with Crippen molar-refractivity contribution in [2.45, 2.75) is 38.3 Å². The molecule has 2 rings (SSSR count). The Hall–Kier alpha value is -1.06. The van der Waals surface area contributed by atoms with Crippen molar-refractivity contribution in [2.24, 2.45) is 0 Å². The maximum Gasteiger partial charge on any atom is 0.118 e. The van der Waals surface area contributed by atoms with E-state index < -0.39 is 0 Å². The van der Waals surface area contributed by atoms with Gasteiger partial charge in [0.05, 0.1) is 7.11 Å². The van der Waals surface area contributed by atoms with Crippen LogP contribution in [0.1, 0.15) is 37.8 Å². The molecule has 1 N–H and O–H groups in total. The van der Waals surface area contributed by atoms with Crippen LogP contribution in [-0.2, 0) is 0 Å². The predicted octanol–water partition coefficient (Wildman–Crippen LogP) is 2.83. The highest BCUT2D eigenvalue weighted by Crippen LogP contribution is 2.26. The van der Waals surface area contributed by atoms with E-state index in [1.807, 2.05) is 12.1 Å². The van der Waals surface area contributed by atoms with Crippen molar-refractivity contribution in [1.82, 2.24) is 10.2 Å². The molecule has 1 aliphatic rings. The van der Waals surface area contributed by atoms with Crippen molar-refractivity contribution < 1.29 is 4.74 Å². The highest BCUT2D eigenvalue weighted by atomic mass is 16.5. The number of ether oxygens (including phenoxy) is 1. The van der Waals surface area contributed by atoms with Crippen LogP contribution in [0.25, 0.3) is 0 Å². The van der Waals surface area contributed by atoms with Gasteiger partial charge >= 0.3 is 0 Å². The average molecular weight is 262 g/mol. The highest BCUT2D eigenvalue weighted by molar-refractivity contribution is 5.28. The van der Waals surface area contributed by atoms with Crippen LogP contribution < -0.4 is 10.1 Å².